The van der Waals surface area contributed by atoms with E-state index in [1.807, 2.05) is 5.38 Å². The summed E-state index contributed by atoms with van der Waals surface area (Å²) in [4.78, 5) is 18.5. The van der Waals surface area contributed by atoms with Crippen molar-refractivity contribution in [2.75, 3.05) is 26.2 Å². The van der Waals surface area contributed by atoms with E-state index < -0.39 is 0 Å². The first-order chi connectivity index (χ1) is 9.89. The van der Waals surface area contributed by atoms with Crippen LogP contribution < -0.4 is 5.73 Å². The van der Waals surface area contributed by atoms with E-state index in [2.05, 4.69) is 23.7 Å². The van der Waals surface area contributed by atoms with Crippen LogP contribution in [0.1, 0.15) is 55.0 Å². The lowest BCUT2D eigenvalue weighted by atomic mass is 9.96. The molecule has 1 aromatic rings. The summed E-state index contributed by atoms with van der Waals surface area (Å²) in [5.41, 5.74) is 6.37. The molecule has 0 bridgehead atoms. The van der Waals surface area contributed by atoms with E-state index in [9.17, 15) is 4.79 Å². The molecular weight excluding hydrogens is 286 g/mol. The summed E-state index contributed by atoms with van der Waals surface area (Å²) in [6.07, 6.45) is 2.15. The number of likely N-dealkylation sites (tertiary alicyclic amines) is 1. The first-order valence-electron chi connectivity index (χ1n) is 7.53. The van der Waals surface area contributed by atoms with Crippen molar-refractivity contribution >= 4 is 17.3 Å². The Balaban J connectivity index is 1.89. The standard InChI is InChI=1S/C15H25N3O2S/c1-4-20-14(19)12-9-21-13(17-12)11-5-7-18(8-6-11)10-15(2,3)16/h9,11H,4-8,10,16H2,1-3H3. The fraction of sp³-hybridized carbons (Fsp3) is 0.733. The molecule has 0 spiro atoms. The summed E-state index contributed by atoms with van der Waals surface area (Å²) in [7, 11) is 0. The number of thiazole rings is 1. The lowest BCUT2D eigenvalue weighted by molar-refractivity contribution is 0.0520. The Morgan fingerprint density at radius 2 is 2.19 bits per heavy atom. The Bertz CT molecular complexity index is 474. The van der Waals surface area contributed by atoms with Crippen LogP contribution in [0.2, 0.25) is 0 Å². The molecule has 1 aliphatic rings. The summed E-state index contributed by atoms with van der Waals surface area (Å²) < 4.78 is 4.98. The molecule has 1 aromatic heterocycles. The Morgan fingerprint density at radius 3 is 2.76 bits per heavy atom. The van der Waals surface area contributed by atoms with E-state index in [1.54, 1.807) is 18.3 Å². The molecular formula is C15H25N3O2S. The number of aromatic nitrogens is 1. The molecule has 2 rings (SSSR count). The summed E-state index contributed by atoms with van der Waals surface area (Å²) in [5, 5.41) is 2.87. The maximum atomic E-state index is 11.6. The summed E-state index contributed by atoms with van der Waals surface area (Å²) in [5.74, 6) is 0.137. The zero-order valence-electron chi connectivity index (χ0n) is 13.1. The number of carbonyl (C=O) groups excluding carboxylic acids is 1. The van der Waals surface area contributed by atoms with Crippen molar-refractivity contribution in [2.24, 2.45) is 5.73 Å². The van der Waals surface area contributed by atoms with Crippen molar-refractivity contribution < 1.29 is 9.53 Å². The van der Waals surface area contributed by atoms with Gasteiger partial charge in [0.25, 0.3) is 0 Å². The largest absolute Gasteiger partial charge is 0.461 e. The molecule has 0 atom stereocenters. The molecule has 118 valence electrons. The number of carbonyl (C=O) groups is 1. The van der Waals surface area contributed by atoms with Gasteiger partial charge in [-0.15, -0.1) is 11.3 Å². The van der Waals surface area contributed by atoms with Gasteiger partial charge in [0.2, 0.25) is 0 Å². The molecule has 0 unspecified atom stereocenters. The smallest absolute Gasteiger partial charge is 0.357 e. The average molecular weight is 311 g/mol. The highest BCUT2D eigenvalue weighted by molar-refractivity contribution is 7.09. The second-order valence-corrected chi connectivity index (χ2v) is 7.22. The summed E-state index contributed by atoms with van der Waals surface area (Å²) >= 11 is 1.57. The predicted molar refractivity (Wildman–Crippen MR) is 84.8 cm³/mol. The SMILES string of the molecule is CCOC(=O)c1csc(C2CCN(CC(C)(C)N)CC2)n1. The number of nitrogens with two attached hydrogens (primary N) is 1. The molecule has 2 N–H and O–H groups in total. The molecule has 1 aliphatic heterocycles. The van der Waals surface area contributed by atoms with Crippen molar-refractivity contribution in [3.8, 4) is 0 Å². The highest BCUT2D eigenvalue weighted by Crippen LogP contribution is 2.30. The highest BCUT2D eigenvalue weighted by Gasteiger charge is 2.26. The minimum atomic E-state index is -0.317. The Kier molecular flexibility index (Phi) is 5.35. The van der Waals surface area contributed by atoms with Gasteiger partial charge in [-0.05, 0) is 46.7 Å². The van der Waals surface area contributed by atoms with Crippen LogP contribution in [0.4, 0.5) is 0 Å². The van der Waals surface area contributed by atoms with Crippen molar-refractivity contribution in [3.63, 3.8) is 0 Å². The molecule has 1 saturated heterocycles. The normalized spacial score (nSPS) is 17.9. The van der Waals surface area contributed by atoms with Gasteiger partial charge in [0.1, 0.15) is 0 Å². The van der Waals surface area contributed by atoms with Gasteiger partial charge in [0, 0.05) is 23.4 Å². The van der Waals surface area contributed by atoms with Gasteiger partial charge in [0.05, 0.1) is 11.6 Å². The minimum absolute atomic E-state index is 0.148. The maximum Gasteiger partial charge on any atom is 0.357 e. The third kappa shape index (κ3) is 4.76. The second-order valence-electron chi connectivity index (χ2n) is 6.33. The van der Waals surface area contributed by atoms with E-state index in [1.165, 1.54) is 0 Å². The Hall–Kier alpha value is -0.980. The number of piperidine rings is 1. The van der Waals surface area contributed by atoms with Crippen LogP contribution in [0.25, 0.3) is 0 Å². The highest BCUT2D eigenvalue weighted by atomic mass is 32.1. The van der Waals surface area contributed by atoms with Gasteiger partial charge < -0.3 is 15.4 Å². The molecule has 0 saturated carbocycles. The van der Waals surface area contributed by atoms with Crippen molar-refractivity contribution in [1.29, 1.82) is 0 Å². The maximum absolute atomic E-state index is 11.6. The number of esters is 1. The Labute approximate surface area is 130 Å². The lowest BCUT2D eigenvalue weighted by Gasteiger charge is -2.35. The summed E-state index contributed by atoms with van der Waals surface area (Å²) in [6, 6.07) is 0. The van der Waals surface area contributed by atoms with Crippen molar-refractivity contribution in [3.05, 3.63) is 16.1 Å². The second kappa shape index (κ2) is 6.85. The van der Waals surface area contributed by atoms with Gasteiger partial charge in [0.15, 0.2) is 5.69 Å². The van der Waals surface area contributed by atoms with Crippen LogP contribution in [0.5, 0.6) is 0 Å². The third-order valence-electron chi connectivity index (χ3n) is 3.57. The number of rotatable bonds is 5. The molecule has 6 heteroatoms. The van der Waals surface area contributed by atoms with Crippen LogP contribution in [0, 0.1) is 0 Å². The monoisotopic (exact) mass is 311 g/mol. The molecule has 0 radical (unpaired) electrons. The molecule has 2 heterocycles. The molecule has 0 amide bonds. The van der Waals surface area contributed by atoms with Gasteiger partial charge in [-0.2, -0.15) is 0 Å². The van der Waals surface area contributed by atoms with Gasteiger partial charge in [-0.3, -0.25) is 0 Å². The van der Waals surface area contributed by atoms with Crippen LogP contribution in [0.15, 0.2) is 5.38 Å². The van der Waals surface area contributed by atoms with Gasteiger partial charge >= 0.3 is 5.97 Å². The fourth-order valence-corrected chi connectivity index (χ4v) is 3.65. The van der Waals surface area contributed by atoms with Crippen LogP contribution in [-0.4, -0.2) is 47.6 Å². The minimum Gasteiger partial charge on any atom is -0.461 e. The van der Waals surface area contributed by atoms with Crippen LogP contribution >= 0.6 is 11.3 Å². The van der Waals surface area contributed by atoms with Crippen molar-refractivity contribution in [1.82, 2.24) is 9.88 Å². The topological polar surface area (TPSA) is 68.5 Å². The van der Waals surface area contributed by atoms with E-state index in [0.29, 0.717) is 18.2 Å². The van der Waals surface area contributed by atoms with E-state index in [0.717, 1.165) is 37.5 Å². The van der Waals surface area contributed by atoms with Crippen LogP contribution in [0.3, 0.4) is 0 Å². The molecule has 0 aliphatic carbocycles. The average Bonchev–Trinajstić information content (AvgIpc) is 2.87. The van der Waals surface area contributed by atoms with E-state index in [-0.39, 0.29) is 11.5 Å². The fourth-order valence-electron chi connectivity index (χ4n) is 2.69. The van der Waals surface area contributed by atoms with Crippen molar-refractivity contribution in [2.45, 2.75) is 45.1 Å². The number of hydrogen-bond acceptors (Lipinski definition) is 6. The molecule has 21 heavy (non-hydrogen) atoms. The first kappa shape index (κ1) is 16.4. The first-order valence-corrected chi connectivity index (χ1v) is 8.41. The lowest BCUT2D eigenvalue weighted by Crippen LogP contribution is -2.47. The Morgan fingerprint density at radius 1 is 1.52 bits per heavy atom. The summed E-state index contributed by atoms with van der Waals surface area (Å²) in [6.45, 7) is 9.32. The molecule has 0 aromatic carbocycles. The van der Waals surface area contributed by atoms with Gasteiger partial charge in [-0.1, -0.05) is 0 Å². The van der Waals surface area contributed by atoms with E-state index >= 15 is 0 Å². The number of hydrogen-bond donors (Lipinski definition) is 1. The molecule has 5 nitrogen and oxygen atoms in total. The van der Waals surface area contributed by atoms with Gasteiger partial charge in [-0.25, -0.2) is 9.78 Å². The number of ether oxygens (including phenoxy) is 1. The zero-order chi connectivity index (χ0) is 15.5. The quantitative estimate of drug-likeness (QED) is 0.845. The predicted octanol–water partition coefficient (Wildman–Crippen LogP) is 2.24. The third-order valence-corrected chi connectivity index (χ3v) is 4.58. The van der Waals surface area contributed by atoms with Crippen LogP contribution in [-0.2, 0) is 4.74 Å². The zero-order valence-corrected chi connectivity index (χ0v) is 13.9. The van der Waals surface area contributed by atoms with E-state index in [4.69, 9.17) is 10.5 Å². The molecule has 1 fully saturated rings. The number of nitrogens with zero attached hydrogens (tertiary/aromatic N) is 2.